The lowest BCUT2D eigenvalue weighted by Crippen LogP contribution is -2.51. The molecule has 1 fully saturated rings. The predicted molar refractivity (Wildman–Crippen MR) is 94.1 cm³/mol. The number of furan rings is 1. The van der Waals surface area contributed by atoms with Crippen LogP contribution < -0.4 is 5.32 Å². The molecule has 2 atom stereocenters. The fourth-order valence-corrected chi connectivity index (χ4v) is 4.87. The van der Waals surface area contributed by atoms with Gasteiger partial charge in [-0.2, -0.15) is 10.5 Å². The monoisotopic (exact) mass is 361 g/mol. The van der Waals surface area contributed by atoms with E-state index in [1.807, 2.05) is 26.0 Å². The molecule has 7 heteroatoms. The third-order valence-electron chi connectivity index (χ3n) is 6.87. The Morgan fingerprint density at radius 3 is 2.44 bits per heavy atom. The topological polar surface area (TPSA) is 116 Å². The van der Waals surface area contributed by atoms with Crippen LogP contribution in [-0.4, -0.2) is 15.9 Å². The van der Waals surface area contributed by atoms with Gasteiger partial charge in [-0.3, -0.25) is 4.79 Å². The second-order valence-electron chi connectivity index (χ2n) is 7.97. The summed E-state index contributed by atoms with van der Waals surface area (Å²) in [6, 6.07) is 7.48. The lowest BCUT2D eigenvalue weighted by atomic mass is 9.63. The van der Waals surface area contributed by atoms with Gasteiger partial charge in [0.1, 0.15) is 17.9 Å². The smallest absolute Gasteiger partial charge is 0.233 e. The van der Waals surface area contributed by atoms with Crippen molar-refractivity contribution in [3.63, 3.8) is 0 Å². The van der Waals surface area contributed by atoms with E-state index in [0.717, 1.165) is 6.42 Å². The Bertz CT molecular complexity index is 1030. The second kappa shape index (κ2) is 5.40. The first-order valence-corrected chi connectivity index (χ1v) is 8.86. The van der Waals surface area contributed by atoms with Gasteiger partial charge in [0.25, 0.3) is 0 Å². The van der Waals surface area contributed by atoms with Crippen LogP contribution in [0.2, 0.25) is 0 Å². The molecule has 2 bridgehead atoms. The van der Waals surface area contributed by atoms with Crippen LogP contribution in [0.1, 0.15) is 62.1 Å². The van der Waals surface area contributed by atoms with E-state index in [1.165, 1.54) is 0 Å². The van der Waals surface area contributed by atoms with Gasteiger partial charge in [0.2, 0.25) is 5.91 Å². The zero-order chi connectivity index (χ0) is 19.4. The van der Waals surface area contributed by atoms with Gasteiger partial charge < -0.3 is 9.73 Å². The van der Waals surface area contributed by atoms with Crippen LogP contribution in [0, 0.1) is 28.1 Å². The minimum Gasteiger partial charge on any atom is -0.467 e. The highest BCUT2D eigenvalue weighted by Gasteiger charge is 2.73. The predicted octanol–water partition coefficient (Wildman–Crippen LogP) is 2.46. The van der Waals surface area contributed by atoms with E-state index in [-0.39, 0.29) is 23.8 Å². The molecule has 7 nitrogen and oxygen atoms in total. The first-order chi connectivity index (χ1) is 12.8. The van der Waals surface area contributed by atoms with E-state index >= 15 is 0 Å². The zero-order valence-corrected chi connectivity index (χ0v) is 15.5. The molecule has 0 saturated heterocycles. The average Bonchev–Trinajstić information content (AvgIpc) is 3.28. The van der Waals surface area contributed by atoms with Crippen LogP contribution >= 0.6 is 0 Å². The SMILES string of the molecule is CC12CCC(C(=O)NCc3ccco3)(c3nc(C#N)c(C#N)nc31)C2(C)C. The molecule has 1 N–H and O–H groups in total. The minimum absolute atomic E-state index is 0.0203. The molecule has 1 saturated carbocycles. The molecule has 2 aromatic rings. The normalized spacial score (nSPS) is 26.9. The van der Waals surface area contributed by atoms with Gasteiger partial charge in [-0.25, -0.2) is 9.97 Å². The van der Waals surface area contributed by atoms with Gasteiger partial charge >= 0.3 is 0 Å². The van der Waals surface area contributed by atoms with Crippen LogP contribution in [0.5, 0.6) is 0 Å². The third kappa shape index (κ3) is 1.92. The molecule has 2 aliphatic rings. The lowest BCUT2D eigenvalue weighted by Gasteiger charge is -2.39. The summed E-state index contributed by atoms with van der Waals surface area (Å²) in [5.41, 5.74) is -0.548. The number of nitrogens with zero attached hydrogens (tertiary/aromatic N) is 4. The van der Waals surface area contributed by atoms with Crippen LogP contribution in [0.4, 0.5) is 0 Å². The van der Waals surface area contributed by atoms with Gasteiger partial charge in [-0.15, -0.1) is 0 Å². The molecule has 0 aliphatic heterocycles. The van der Waals surface area contributed by atoms with Gasteiger partial charge in [0.05, 0.1) is 29.6 Å². The number of rotatable bonds is 3. The molecule has 0 aromatic carbocycles. The van der Waals surface area contributed by atoms with Gasteiger partial charge in [-0.05, 0) is 30.4 Å². The Morgan fingerprint density at radius 1 is 1.19 bits per heavy atom. The quantitative estimate of drug-likeness (QED) is 0.898. The fraction of sp³-hybridized carbons (Fsp3) is 0.450. The molecule has 2 aromatic heterocycles. The van der Waals surface area contributed by atoms with Crippen LogP contribution in [-0.2, 0) is 22.2 Å². The summed E-state index contributed by atoms with van der Waals surface area (Å²) < 4.78 is 5.31. The van der Waals surface area contributed by atoms with Crippen molar-refractivity contribution < 1.29 is 9.21 Å². The molecule has 27 heavy (non-hydrogen) atoms. The first kappa shape index (κ1) is 17.2. The number of nitrogens with one attached hydrogen (secondary N) is 1. The van der Waals surface area contributed by atoms with E-state index in [1.54, 1.807) is 18.4 Å². The standard InChI is InChI=1S/C20H19N5O2/c1-18(2)19(3)6-7-20(18,17(26)23-11-12-5-4-8-27-12)16-15(19)24-13(9-21)14(10-22)25-16/h4-5,8H,6-7,11H2,1-3H3,(H,23,26). The summed E-state index contributed by atoms with van der Waals surface area (Å²) in [5.74, 6) is 0.523. The largest absolute Gasteiger partial charge is 0.467 e. The Hall–Kier alpha value is -3.19. The summed E-state index contributed by atoms with van der Waals surface area (Å²) >= 11 is 0. The molecular weight excluding hydrogens is 342 g/mol. The van der Waals surface area contributed by atoms with Crippen molar-refractivity contribution in [1.29, 1.82) is 10.5 Å². The maximum Gasteiger partial charge on any atom is 0.233 e. The molecule has 0 radical (unpaired) electrons. The molecule has 1 amide bonds. The van der Waals surface area contributed by atoms with Crippen molar-refractivity contribution >= 4 is 5.91 Å². The van der Waals surface area contributed by atoms with Crippen LogP contribution in [0.3, 0.4) is 0 Å². The molecule has 136 valence electrons. The minimum atomic E-state index is -0.893. The highest BCUT2D eigenvalue weighted by Crippen LogP contribution is 2.70. The van der Waals surface area contributed by atoms with Crippen LogP contribution in [0.25, 0.3) is 0 Å². The number of fused-ring (bicyclic) bond motifs is 5. The fourth-order valence-electron chi connectivity index (χ4n) is 4.87. The van der Waals surface area contributed by atoms with Crippen molar-refractivity contribution in [3.8, 4) is 12.1 Å². The van der Waals surface area contributed by atoms with E-state index in [2.05, 4.69) is 22.2 Å². The van der Waals surface area contributed by atoms with Crippen molar-refractivity contribution in [2.75, 3.05) is 0 Å². The number of carbonyl (C=O) groups excluding carboxylic acids is 1. The van der Waals surface area contributed by atoms with Crippen molar-refractivity contribution in [3.05, 3.63) is 46.9 Å². The molecule has 2 unspecified atom stereocenters. The van der Waals surface area contributed by atoms with Crippen LogP contribution in [0.15, 0.2) is 22.8 Å². The molecule has 4 rings (SSSR count). The summed E-state index contributed by atoms with van der Waals surface area (Å²) in [6.07, 6.45) is 2.96. The second-order valence-corrected chi connectivity index (χ2v) is 7.97. The highest BCUT2D eigenvalue weighted by molar-refractivity contribution is 5.92. The van der Waals surface area contributed by atoms with E-state index in [9.17, 15) is 15.3 Å². The van der Waals surface area contributed by atoms with E-state index < -0.39 is 16.2 Å². The Kier molecular flexibility index (Phi) is 3.45. The number of hydrogen-bond acceptors (Lipinski definition) is 6. The first-order valence-electron chi connectivity index (χ1n) is 8.86. The summed E-state index contributed by atoms with van der Waals surface area (Å²) in [6.45, 7) is 6.45. The Morgan fingerprint density at radius 2 is 1.85 bits per heavy atom. The number of amides is 1. The number of nitriles is 2. The summed E-state index contributed by atoms with van der Waals surface area (Å²) in [5, 5.41) is 21.7. The van der Waals surface area contributed by atoms with Gasteiger partial charge in [0.15, 0.2) is 11.4 Å². The van der Waals surface area contributed by atoms with Gasteiger partial charge in [0, 0.05) is 5.41 Å². The molecule has 2 aliphatic carbocycles. The molecule has 2 heterocycles. The highest BCUT2D eigenvalue weighted by atomic mass is 16.3. The van der Waals surface area contributed by atoms with Crippen molar-refractivity contribution in [2.24, 2.45) is 5.41 Å². The summed E-state index contributed by atoms with van der Waals surface area (Å²) in [4.78, 5) is 22.4. The maximum atomic E-state index is 13.4. The molecule has 0 spiro atoms. The van der Waals surface area contributed by atoms with Crippen molar-refractivity contribution in [1.82, 2.24) is 15.3 Å². The Balaban J connectivity index is 1.85. The van der Waals surface area contributed by atoms with Crippen molar-refractivity contribution in [2.45, 2.75) is 51.0 Å². The average molecular weight is 361 g/mol. The zero-order valence-electron chi connectivity index (χ0n) is 15.5. The summed E-state index contributed by atoms with van der Waals surface area (Å²) in [7, 11) is 0. The molecular formula is C20H19N5O2. The van der Waals surface area contributed by atoms with E-state index in [4.69, 9.17) is 4.42 Å². The maximum absolute atomic E-state index is 13.4. The number of aromatic nitrogens is 2. The Labute approximate surface area is 157 Å². The lowest BCUT2D eigenvalue weighted by molar-refractivity contribution is -0.130. The third-order valence-corrected chi connectivity index (χ3v) is 6.87. The van der Waals surface area contributed by atoms with Gasteiger partial charge in [-0.1, -0.05) is 20.8 Å². The number of hydrogen-bond donors (Lipinski definition) is 1. The van der Waals surface area contributed by atoms with E-state index in [0.29, 0.717) is 23.6 Å². The number of carbonyl (C=O) groups is 1.